The number of nitrogens with zero attached hydrogens (tertiary/aromatic N) is 5. The smallest absolute Gasteiger partial charge is 0.413 e. The second-order valence-corrected chi connectivity index (χ2v) is 10.5. The summed E-state index contributed by atoms with van der Waals surface area (Å²) in [7, 11) is 0. The molecule has 3 amide bonds. The van der Waals surface area contributed by atoms with Crippen molar-refractivity contribution in [1.29, 1.82) is 0 Å². The van der Waals surface area contributed by atoms with Crippen LogP contribution in [0.2, 0.25) is 0 Å². The molecule has 0 radical (unpaired) electrons. The highest BCUT2D eigenvalue weighted by Crippen LogP contribution is 2.40. The van der Waals surface area contributed by atoms with Gasteiger partial charge in [0, 0.05) is 18.2 Å². The summed E-state index contributed by atoms with van der Waals surface area (Å²) >= 11 is 0.975. The molecule has 16 nitrogen and oxygen atoms in total. The van der Waals surface area contributed by atoms with Gasteiger partial charge in [-0.2, -0.15) is 15.0 Å². The van der Waals surface area contributed by atoms with E-state index in [-0.39, 0.29) is 42.5 Å². The van der Waals surface area contributed by atoms with Gasteiger partial charge in [0.1, 0.15) is 23.0 Å². The summed E-state index contributed by atoms with van der Waals surface area (Å²) < 4.78 is 5.19. The average Bonchev–Trinajstić information content (AvgIpc) is 3.26. The van der Waals surface area contributed by atoms with E-state index in [2.05, 4.69) is 36.3 Å². The normalized spacial score (nSPS) is 20.1. The van der Waals surface area contributed by atoms with Gasteiger partial charge in [-0.1, -0.05) is 5.16 Å². The predicted molar refractivity (Wildman–Crippen MR) is 129 cm³/mol. The first-order chi connectivity index (χ1) is 17.9. The van der Waals surface area contributed by atoms with E-state index in [0.29, 0.717) is 5.69 Å². The van der Waals surface area contributed by atoms with E-state index < -0.39 is 47.2 Å². The lowest BCUT2D eigenvalue weighted by atomic mass is 9.98. The molecule has 38 heavy (non-hydrogen) atoms. The molecule has 4 rings (SSSR count). The highest BCUT2D eigenvalue weighted by Gasteiger charge is 2.55. The van der Waals surface area contributed by atoms with Gasteiger partial charge in [0.2, 0.25) is 11.5 Å². The second kappa shape index (κ2) is 10.3. The fraction of sp³-hybridized carbons (Fsp3) is 0.524. The molecule has 0 aromatic carbocycles. The Morgan fingerprint density at radius 2 is 2.08 bits per heavy atom. The number of β-lactam (4-membered cyclic amide) rings is 1. The molecule has 2 aromatic rings. The fourth-order valence-electron chi connectivity index (χ4n) is 3.26. The third-order valence-corrected chi connectivity index (χ3v) is 6.14. The number of hydrogen-bond acceptors (Lipinski definition) is 12. The molecule has 2 aliphatic rings. The standard InChI is InChI=1S/C21H26N8O8S/c1-20(2,3)36-19(35)26-18-24-12(9-38-18)14(28-37-21(4-5-21)17(33)34)16(32)25-13-11(23-15(13)31)7-29-22-6-10(8-30)27-29/h6,9,11,13,30H,4-5,7-8H2,1-3H3,(H,23,31)(H,25,32)(H,33,34)(H,24,26,35)/t11-,13-/m0/s1. The van der Waals surface area contributed by atoms with Gasteiger partial charge in [-0.05, 0) is 20.8 Å². The predicted octanol–water partition coefficient (Wildman–Crippen LogP) is -0.405. The number of amides is 3. The summed E-state index contributed by atoms with van der Waals surface area (Å²) in [6.45, 7) is 4.90. The number of hydrogen-bond donors (Lipinski definition) is 5. The summed E-state index contributed by atoms with van der Waals surface area (Å²) in [4.78, 5) is 59.7. The van der Waals surface area contributed by atoms with Crippen LogP contribution in [0.15, 0.2) is 16.7 Å². The van der Waals surface area contributed by atoms with Gasteiger partial charge in [0.15, 0.2) is 10.8 Å². The molecule has 2 fully saturated rings. The monoisotopic (exact) mass is 550 g/mol. The van der Waals surface area contributed by atoms with Crippen LogP contribution in [0.25, 0.3) is 0 Å². The van der Waals surface area contributed by atoms with Crippen LogP contribution >= 0.6 is 11.3 Å². The van der Waals surface area contributed by atoms with Crippen molar-refractivity contribution < 1.29 is 39.0 Å². The van der Waals surface area contributed by atoms with E-state index in [1.165, 1.54) is 16.4 Å². The maximum Gasteiger partial charge on any atom is 0.413 e. The number of oxime groups is 1. The Labute approximate surface area is 219 Å². The molecule has 204 valence electrons. The van der Waals surface area contributed by atoms with Gasteiger partial charge in [-0.3, -0.25) is 14.9 Å². The Morgan fingerprint density at radius 1 is 1.34 bits per heavy atom. The van der Waals surface area contributed by atoms with E-state index in [1.54, 1.807) is 20.8 Å². The number of aromatic nitrogens is 4. The molecule has 2 aromatic heterocycles. The van der Waals surface area contributed by atoms with Crippen LogP contribution in [0.5, 0.6) is 0 Å². The number of anilines is 1. The Hall–Kier alpha value is -4.12. The third-order valence-electron chi connectivity index (χ3n) is 5.38. The zero-order chi connectivity index (χ0) is 27.7. The largest absolute Gasteiger partial charge is 0.478 e. The van der Waals surface area contributed by atoms with Gasteiger partial charge in [-0.25, -0.2) is 14.6 Å². The van der Waals surface area contributed by atoms with Crippen molar-refractivity contribution in [3.63, 3.8) is 0 Å². The molecule has 2 atom stereocenters. The van der Waals surface area contributed by atoms with Crippen molar-refractivity contribution in [2.24, 2.45) is 5.16 Å². The first-order valence-electron chi connectivity index (χ1n) is 11.5. The summed E-state index contributed by atoms with van der Waals surface area (Å²) in [6, 6.07) is -1.55. The van der Waals surface area contributed by atoms with Crippen molar-refractivity contribution in [3.8, 4) is 0 Å². The van der Waals surface area contributed by atoms with E-state index in [9.17, 15) is 24.3 Å². The minimum atomic E-state index is -1.54. The minimum absolute atomic E-state index is 0.0163. The molecule has 1 aliphatic heterocycles. The van der Waals surface area contributed by atoms with Gasteiger partial charge in [0.25, 0.3) is 5.91 Å². The molecule has 3 heterocycles. The first-order valence-corrected chi connectivity index (χ1v) is 12.3. The van der Waals surface area contributed by atoms with Crippen LogP contribution in [0.3, 0.4) is 0 Å². The topological polar surface area (TPSA) is 219 Å². The molecule has 1 saturated heterocycles. The van der Waals surface area contributed by atoms with Crippen molar-refractivity contribution in [2.75, 3.05) is 5.32 Å². The molecule has 5 N–H and O–H groups in total. The molecule has 1 saturated carbocycles. The number of carbonyl (C=O) groups excluding carboxylic acids is 3. The van der Waals surface area contributed by atoms with Gasteiger partial charge < -0.3 is 30.4 Å². The molecule has 0 unspecified atom stereocenters. The third kappa shape index (κ3) is 6.23. The van der Waals surface area contributed by atoms with Crippen LogP contribution in [-0.2, 0) is 37.1 Å². The number of carboxylic acids is 1. The Kier molecular flexibility index (Phi) is 7.32. The molecule has 1 aliphatic carbocycles. The maximum atomic E-state index is 13.2. The van der Waals surface area contributed by atoms with Gasteiger partial charge >= 0.3 is 12.1 Å². The minimum Gasteiger partial charge on any atom is -0.478 e. The van der Waals surface area contributed by atoms with Crippen molar-refractivity contribution in [2.45, 2.75) is 70.1 Å². The van der Waals surface area contributed by atoms with Gasteiger partial charge in [0.05, 0.1) is 25.4 Å². The number of rotatable bonds is 10. The number of carboxylic acid groups (broad SMARTS) is 1. The van der Waals surface area contributed by atoms with Crippen LogP contribution in [-0.4, -0.2) is 83.1 Å². The highest BCUT2D eigenvalue weighted by atomic mass is 32.1. The number of ether oxygens (including phenoxy) is 1. The summed E-state index contributed by atoms with van der Waals surface area (Å²) in [5, 5.41) is 39.5. The summed E-state index contributed by atoms with van der Waals surface area (Å²) in [5.41, 5.74) is -2.34. The average molecular weight is 551 g/mol. The molecular weight excluding hydrogens is 524 g/mol. The van der Waals surface area contributed by atoms with E-state index in [1.807, 2.05) is 0 Å². The van der Waals surface area contributed by atoms with Crippen LogP contribution < -0.4 is 16.0 Å². The zero-order valence-corrected chi connectivity index (χ0v) is 21.4. The van der Waals surface area contributed by atoms with E-state index in [4.69, 9.17) is 14.7 Å². The fourth-order valence-corrected chi connectivity index (χ4v) is 3.95. The number of thiazole rings is 1. The summed E-state index contributed by atoms with van der Waals surface area (Å²) in [5.74, 6) is -2.54. The lowest BCUT2D eigenvalue weighted by Crippen LogP contribution is -2.70. The lowest BCUT2D eigenvalue weighted by Gasteiger charge is -2.36. The number of nitrogens with one attached hydrogen (secondary N) is 3. The molecule has 17 heteroatoms. The lowest BCUT2D eigenvalue weighted by molar-refractivity contribution is -0.153. The number of aliphatic hydroxyl groups is 1. The van der Waals surface area contributed by atoms with Crippen molar-refractivity contribution in [3.05, 3.63) is 23.0 Å². The summed E-state index contributed by atoms with van der Waals surface area (Å²) in [6.07, 6.45) is 1.04. The van der Waals surface area contributed by atoms with Crippen LogP contribution in [0.1, 0.15) is 45.0 Å². The Balaban J connectivity index is 1.50. The maximum absolute atomic E-state index is 13.2. The van der Waals surface area contributed by atoms with Gasteiger partial charge in [-0.15, -0.1) is 11.3 Å². The van der Waals surface area contributed by atoms with E-state index in [0.717, 1.165) is 11.3 Å². The first kappa shape index (κ1) is 26.9. The second-order valence-electron chi connectivity index (χ2n) is 9.61. The SMILES string of the molecule is CC(C)(C)OC(=O)Nc1nc(C(=NOC2(C(=O)O)CC2)C(=O)N[C@@H]2C(=O)N[C@H]2Cn2ncc(CO)n2)cs1. The van der Waals surface area contributed by atoms with Crippen LogP contribution in [0, 0.1) is 0 Å². The Bertz CT molecular complexity index is 1280. The number of aliphatic hydroxyl groups excluding tert-OH is 1. The number of aliphatic carboxylic acids is 1. The Morgan fingerprint density at radius 3 is 2.66 bits per heavy atom. The molecule has 0 bridgehead atoms. The quantitative estimate of drug-likeness (QED) is 0.145. The van der Waals surface area contributed by atoms with Crippen LogP contribution in [0.4, 0.5) is 9.93 Å². The highest BCUT2D eigenvalue weighted by molar-refractivity contribution is 7.14. The molecular formula is C21H26N8O8S. The van der Waals surface area contributed by atoms with Crippen molar-refractivity contribution >= 4 is 46.1 Å². The zero-order valence-electron chi connectivity index (χ0n) is 20.6. The van der Waals surface area contributed by atoms with Crippen molar-refractivity contribution in [1.82, 2.24) is 30.6 Å². The van der Waals surface area contributed by atoms with E-state index >= 15 is 0 Å². The number of carbonyl (C=O) groups is 4. The molecule has 0 spiro atoms.